The Labute approximate surface area is 122 Å². The summed E-state index contributed by atoms with van der Waals surface area (Å²) in [5.41, 5.74) is 1.58. The predicted molar refractivity (Wildman–Crippen MR) is 80.0 cm³/mol. The van der Waals surface area contributed by atoms with Crippen molar-refractivity contribution in [1.29, 1.82) is 0 Å². The van der Waals surface area contributed by atoms with E-state index in [0.717, 1.165) is 11.3 Å². The molecule has 0 aliphatic heterocycles. The van der Waals surface area contributed by atoms with Gasteiger partial charge in [0.25, 0.3) is 5.69 Å². The Balaban J connectivity index is 2.11. The molecule has 0 unspecified atom stereocenters. The van der Waals surface area contributed by atoms with Gasteiger partial charge >= 0.3 is 0 Å². The van der Waals surface area contributed by atoms with Gasteiger partial charge in [-0.3, -0.25) is 10.1 Å². The smallest absolute Gasteiger partial charge is 0.275 e. The minimum Gasteiger partial charge on any atom is -0.497 e. The first-order chi connectivity index (χ1) is 10.1. The number of methoxy groups -OCH3 is 1. The highest BCUT2D eigenvalue weighted by Crippen LogP contribution is 2.26. The molecule has 0 atom stereocenters. The second-order valence-electron chi connectivity index (χ2n) is 4.36. The van der Waals surface area contributed by atoms with E-state index in [1.807, 2.05) is 24.3 Å². The van der Waals surface area contributed by atoms with E-state index in [0.29, 0.717) is 18.0 Å². The van der Waals surface area contributed by atoms with Crippen LogP contribution in [0.15, 0.2) is 42.5 Å². The molecule has 2 rings (SSSR count). The quantitative estimate of drug-likeness (QED) is 0.652. The number of nitrogens with zero attached hydrogens (tertiary/aromatic N) is 1. The van der Waals surface area contributed by atoms with Crippen molar-refractivity contribution in [3.05, 3.63) is 58.1 Å². The Morgan fingerprint density at radius 3 is 2.43 bits per heavy atom. The summed E-state index contributed by atoms with van der Waals surface area (Å²) in [5.74, 6) is 1.22. The van der Waals surface area contributed by atoms with E-state index in [1.165, 1.54) is 12.1 Å². The lowest BCUT2D eigenvalue weighted by molar-refractivity contribution is -0.384. The summed E-state index contributed by atoms with van der Waals surface area (Å²) >= 11 is 0. The third-order valence-corrected chi connectivity index (χ3v) is 2.96. The number of ether oxygens (including phenoxy) is 2. The van der Waals surface area contributed by atoms with Crippen molar-refractivity contribution in [1.82, 2.24) is 0 Å². The first kappa shape index (κ1) is 14.6. The highest BCUT2D eigenvalue weighted by molar-refractivity contribution is 5.56. The summed E-state index contributed by atoms with van der Waals surface area (Å²) in [7, 11) is 3.31. The lowest BCUT2D eigenvalue weighted by Crippen LogP contribution is -1.98. The first-order valence-corrected chi connectivity index (χ1v) is 6.35. The van der Waals surface area contributed by atoms with Crippen molar-refractivity contribution in [2.75, 3.05) is 19.5 Å². The molecule has 6 heteroatoms. The first-order valence-electron chi connectivity index (χ1n) is 6.35. The van der Waals surface area contributed by atoms with Crippen LogP contribution in [0.2, 0.25) is 0 Å². The van der Waals surface area contributed by atoms with Crippen molar-refractivity contribution in [3.8, 4) is 11.5 Å². The van der Waals surface area contributed by atoms with Crippen LogP contribution in [-0.2, 0) is 6.61 Å². The second-order valence-corrected chi connectivity index (χ2v) is 4.36. The molecule has 0 heterocycles. The zero-order chi connectivity index (χ0) is 15.2. The monoisotopic (exact) mass is 288 g/mol. The maximum absolute atomic E-state index is 10.9. The topological polar surface area (TPSA) is 73.6 Å². The maximum atomic E-state index is 10.9. The number of anilines is 1. The number of non-ortho nitro benzene ring substituents is 1. The van der Waals surface area contributed by atoms with E-state index in [9.17, 15) is 10.1 Å². The van der Waals surface area contributed by atoms with E-state index < -0.39 is 4.92 Å². The molecule has 0 saturated heterocycles. The van der Waals surface area contributed by atoms with Gasteiger partial charge in [0.05, 0.1) is 18.1 Å². The van der Waals surface area contributed by atoms with Crippen molar-refractivity contribution >= 4 is 11.4 Å². The number of benzene rings is 2. The fraction of sp³-hybridized carbons (Fsp3) is 0.200. The molecule has 0 aromatic heterocycles. The number of nitrogens with one attached hydrogen (secondary N) is 1. The van der Waals surface area contributed by atoms with Crippen molar-refractivity contribution in [3.63, 3.8) is 0 Å². The molecule has 0 amide bonds. The normalized spacial score (nSPS) is 10.0. The molecule has 6 nitrogen and oxygen atoms in total. The molecular formula is C15H16N2O4. The van der Waals surface area contributed by atoms with Crippen LogP contribution >= 0.6 is 0 Å². The van der Waals surface area contributed by atoms with E-state index in [1.54, 1.807) is 20.2 Å². The predicted octanol–water partition coefficient (Wildman–Crippen LogP) is 3.22. The van der Waals surface area contributed by atoms with Gasteiger partial charge in [0.15, 0.2) is 0 Å². The summed E-state index contributed by atoms with van der Waals surface area (Å²) in [4.78, 5) is 10.4. The second kappa shape index (κ2) is 6.60. The zero-order valence-corrected chi connectivity index (χ0v) is 11.8. The van der Waals surface area contributed by atoms with Crippen molar-refractivity contribution in [2.45, 2.75) is 6.61 Å². The number of hydrogen-bond acceptors (Lipinski definition) is 5. The third-order valence-electron chi connectivity index (χ3n) is 2.96. The van der Waals surface area contributed by atoms with E-state index in [-0.39, 0.29) is 5.69 Å². The summed E-state index contributed by atoms with van der Waals surface area (Å²) < 4.78 is 10.7. The molecule has 0 saturated carbocycles. The zero-order valence-electron chi connectivity index (χ0n) is 11.8. The maximum Gasteiger partial charge on any atom is 0.275 e. The Morgan fingerprint density at radius 1 is 1.14 bits per heavy atom. The van der Waals surface area contributed by atoms with Crippen LogP contribution in [0, 0.1) is 10.1 Å². The molecule has 0 radical (unpaired) electrons. The molecule has 0 aliphatic rings. The molecule has 2 aromatic rings. The highest BCUT2D eigenvalue weighted by atomic mass is 16.6. The minimum absolute atomic E-state index is 0.00780. The molecule has 0 bridgehead atoms. The van der Waals surface area contributed by atoms with Gasteiger partial charge in [0.2, 0.25) is 0 Å². The van der Waals surface area contributed by atoms with Gasteiger partial charge in [-0.25, -0.2) is 0 Å². The highest BCUT2D eigenvalue weighted by Gasteiger charge is 2.10. The Morgan fingerprint density at radius 2 is 1.86 bits per heavy atom. The van der Waals surface area contributed by atoms with E-state index in [2.05, 4.69) is 5.32 Å². The number of hydrogen-bond donors (Lipinski definition) is 1. The average Bonchev–Trinajstić information content (AvgIpc) is 2.53. The van der Waals surface area contributed by atoms with Crippen LogP contribution in [0.4, 0.5) is 11.4 Å². The molecule has 0 aliphatic carbocycles. The van der Waals surface area contributed by atoms with Crippen LogP contribution in [0.1, 0.15) is 5.56 Å². The molecule has 110 valence electrons. The van der Waals surface area contributed by atoms with Crippen molar-refractivity contribution in [2.24, 2.45) is 0 Å². The average molecular weight is 288 g/mol. The molecule has 2 aromatic carbocycles. The number of rotatable bonds is 6. The Kier molecular flexibility index (Phi) is 4.61. The number of nitro groups is 1. The SMILES string of the molecule is CNc1cc(OCc2ccc(OC)cc2)cc([N+](=O)[O-])c1. The standard InChI is InChI=1S/C15H16N2O4/c1-16-12-7-13(17(18)19)9-15(8-12)21-10-11-3-5-14(20-2)6-4-11/h3-9,16H,10H2,1-2H3. The fourth-order valence-corrected chi connectivity index (χ4v) is 1.80. The summed E-state index contributed by atoms with van der Waals surface area (Å²) in [6.07, 6.45) is 0. The molecule has 21 heavy (non-hydrogen) atoms. The minimum atomic E-state index is -0.443. The van der Waals surface area contributed by atoms with Crippen LogP contribution < -0.4 is 14.8 Å². The Hall–Kier alpha value is -2.76. The molecule has 0 fully saturated rings. The lowest BCUT2D eigenvalue weighted by Gasteiger charge is -2.09. The van der Waals surface area contributed by atoms with E-state index >= 15 is 0 Å². The van der Waals surface area contributed by atoms with Crippen LogP contribution in [-0.4, -0.2) is 19.1 Å². The number of nitro benzene ring substituents is 1. The van der Waals surface area contributed by atoms with Crippen LogP contribution in [0.5, 0.6) is 11.5 Å². The molecule has 0 spiro atoms. The third kappa shape index (κ3) is 3.85. The van der Waals surface area contributed by atoms with Crippen LogP contribution in [0.25, 0.3) is 0 Å². The Bertz CT molecular complexity index is 626. The van der Waals surface area contributed by atoms with Crippen LogP contribution in [0.3, 0.4) is 0 Å². The van der Waals surface area contributed by atoms with Crippen molar-refractivity contribution < 1.29 is 14.4 Å². The lowest BCUT2D eigenvalue weighted by atomic mass is 10.2. The largest absolute Gasteiger partial charge is 0.497 e. The van der Waals surface area contributed by atoms with Gasteiger partial charge in [-0.2, -0.15) is 0 Å². The molecular weight excluding hydrogens is 272 g/mol. The van der Waals surface area contributed by atoms with Gasteiger partial charge in [0, 0.05) is 24.9 Å². The van der Waals surface area contributed by atoms with Gasteiger partial charge in [-0.15, -0.1) is 0 Å². The van der Waals surface area contributed by atoms with Gasteiger partial charge < -0.3 is 14.8 Å². The fourth-order valence-electron chi connectivity index (χ4n) is 1.80. The summed E-state index contributed by atoms with van der Waals surface area (Å²) in [6, 6.07) is 12.0. The molecule has 1 N–H and O–H groups in total. The van der Waals surface area contributed by atoms with Gasteiger partial charge in [0.1, 0.15) is 18.1 Å². The summed E-state index contributed by atoms with van der Waals surface area (Å²) in [6.45, 7) is 0.328. The van der Waals surface area contributed by atoms with Gasteiger partial charge in [-0.05, 0) is 17.7 Å². The summed E-state index contributed by atoms with van der Waals surface area (Å²) in [5, 5.41) is 13.7. The van der Waals surface area contributed by atoms with Gasteiger partial charge in [-0.1, -0.05) is 12.1 Å². The van der Waals surface area contributed by atoms with E-state index in [4.69, 9.17) is 9.47 Å².